The van der Waals surface area contributed by atoms with Gasteiger partial charge in [-0.25, -0.2) is 4.98 Å². The van der Waals surface area contributed by atoms with Gasteiger partial charge in [-0.2, -0.15) is 0 Å². The minimum absolute atomic E-state index is 0. The lowest BCUT2D eigenvalue weighted by molar-refractivity contribution is 0.801. The predicted molar refractivity (Wildman–Crippen MR) is 121 cm³/mol. The van der Waals surface area contributed by atoms with Crippen molar-refractivity contribution >= 4 is 75.2 Å². The van der Waals surface area contributed by atoms with E-state index in [1.54, 1.807) is 11.3 Å². The second kappa shape index (κ2) is 11.6. The van der Waals surface area contributed by atoms with Gasteiger partial charge < -0.3 is 10.6 Å². The number of thiazole rings is 1. The number of rotatable bonds is 7. The van der Waals surface area contributed by atoms with Crippen molar-refractivity contribution in [3.05, 3.63) is 36.0 Å². The molecule has 128 valence electrons. The molecule has 0 radical (unpaired) electrons. The van der Waals surface area contributed by atoms with Crippen LogP contribution < -0.4 is 10.6 Å². The maximum absolute atomic E-state index is 4.62. The van der Waals surface area contributed by atoms with Crippen molar-refractivity contribution in [1.82, 2.24) is 15.6 Å². The van der Waals surface area contributed by atoms with Crippen LogP contribution in [0.25, 0.3) is 0 Å². The third-order valence-electron chi connectivity index (χ3n) is 2.90. The van der Waals surface area contributed by atoms with Crippen LogP contribution in [0.1, 0.15) is 21.7 Å². The third kappa shape index (κ3) is 8.12. The molecule has 0 aromatic carbocycles. The van der Waals surface area contributed by atoms with E-state index in [0.717, 1.165) is 43.4 Å². The first-order chi connectivity index (χ1) is 10.7. The van der Waals surface area contributed by atoms with Crippen molar-refractivity contribution in [2.24, 2.45) is 4.99 Å². The molecule has 23 heavy (non-hydrogen) atoms. The molecule has 0 unspecified atom stereocenters. The molecular weight excluding hydrogens is 554 g/mol. The van der Waals surface area contributed by atoms with Gasteiger partial charge >= 0.3 is 0 Å². The summed E-state index contributed by atoms with van der Waals surface area (Å²) >= 11 is 5.96. The lowest BCUT2D eigenvalue weighted by atomic mass is 10.3. The molecule has 0 amide bonds. The van der Waals surface area contributed by atoms with E-state index in [-0.39, 0.29) is 24.0 Å². The minimum atomic E-state index is 0. The predicted octanol–water partition coefficient (Wildman–Crippen LogP) is 4.08. The number of thiophene rings is 1. The van der Waals surface area contributed by atoms with Crippen LogP contribution in [0.2, 0.25) is 0 Å². The van der Waals surface area contributed by atoms with Gasteiger partial charge in [0.25, 0.3) is 0 Å². The molecule has 0 atom stereocenters. The molecular formula is C15H22I2N4S2. The number of aryl methyl sites for hydroxylation is 1. The van der Waals surface area contributed by atoms with Crippen molar-refractivity contribution < 1.29 is 0 Å². The third-order valence-corrected chi connectivity index (χ3v) is 5.83. The zero-order valence-electron chi connectivity index (χ0n) is 13.3. The highest BCUT2D eigenvalue weighted by atomic mass is 127. The number of hydrogen-bond donors (Lipinski definition) is 2. The summed E-state index contributed by atoms with van der Waals surface area (Å²) in [5, 5.41) is 7.84. The molecule has 0 aliphatic rings. The second-order valence-electron chi connectivity index (χ2n) is 4.76. The van der Waals surface area contributed by atoms with Crippen molar-refractivity contribution in [2.45, 2.75) is 26.7 Å². The Labute approximate surface area is 176 Å². The topological polar surface area (TPSA) is 49.3 Å². The van der Waals surface area contributed by atoms with Crippen LogP contribution in [0.5, 0.6) is 0 Å². The van der Waals surface area contributed by atoms with Crippen LogP contribution in [0.4, 0.5) is 0 Å². The van der Waals surface area contributed by atoms with Gasteiger partial charge in [0, 0.05) is 42.0 Å². The fourth-order valence-corrected chi connectivity index (χ4v) is 4.44. The molecule has 2 heterocycles. The van der Waals surface area contributed by atoms with E-state index < -0.39 is 0 Å². The molecule has 2 N–H and O–H groups in total. The van der Waals surface area contributed by atoms with Crippen LogP contribution in [0, 0.1) is 9.81 Å². The van der Waals surface area contributed by atoms with E-state index in [0.29, 0.717) is 0 Å². The van der Waals surface area contributed by atoms with Crippen LogP contribution in [0.15, 0.2) is 23.3 Å². The largest absolute Gasteiger partial charge is 0.357 e. The molecule has 0 spiro atoms. The molecule has 0 aliphatic carbocycles. The Morgan fingerprint density at radius 1 is 1.26 bits per heavy atom. The average Bonchev–Trinajstić information content (AvgIpc) is 3.08. The van der Waals surface area contributed by atoms with Gasteiger partial charge in [0.05, 0.1) is 7.89 Å². The number of guanidine groups is 1. The normalized spacial score (nSPS) is 11.2. The van der Waals surface area contributed by atoms with Gasteiger partial charge in [-0.3, -0.25) is 4.99 Å². The van der Waals surface area contributed by atoms with Crippen molar-refractivity contribution in [3.63, 3.8) is 0 Å². The van der Waals surface area contributed by atoms with Crippen LogP contribution in [0.3, 0.4) is 0 Å². The molecule has 2 aromatic heterocycles. The summed E-state index contributed by atoms with van der Waals surface area (Å²) < 4.78 is 1.34. The van der Waals surface area contributed by atoms with E-state index in [2.05, 4.69) is 69.2 Å². The first-order valence-corrected chi connectivity index (χ1v) is 10.1. The molecule has 2 rings (SSSR count). The summed E-state index contributed by atoms with van der Waals surface area (Å²) in [7, 11) is 0. The van der Waals surface area contributed by atoms with Crippen molar-refractivity contribution in [1.29, 1.82) is 0 Å². The summed E-state index contributed by atoms with van der Waals surface area (Å²) in [6, 6.07) is 4.36. The van der Waals surface area contributed by atoms with Gasteiger partial charge in [-0.15, -0.1) is 46.7 Å². The summed E-state index contributed by atoms with van der Waals surface area (Å²) in [4.78, 5) is 11.7. The Bertz CT molecular complexity index is 610. The van der Waals surface area contributed by atoms with Gasteiger partial charge in [-0.05, 0) is 55.0 Å². The molecule has 0 saturated carbocycles. The van der Waals surface area contributed by atoms with Crippen molar-refractivity contribution in [2.75, 3.05) is 19.6 Å². The van der Waals surface area contributed by atoms with E-state index in [9.17, 15) is 0 Å². The van der Waals surface area contributed by atoms with Gasteiger partial charge in [0.2, 0.25) is 0 Å². The number of hydrogen-bond acceptors (Lipinski definition) is 4. The summed E-state index contributed by atoms with van der Waals surface area (Å²) in [6.07, 6.45) is 3.86. The minimum Gasteiger partial charge on any atom is -0.357 e. The standard InChI is InChI=1S/C15H21IN4S2.HI/c1-3-17-15(18-8-6-12-4-5-13(16)22-12)19-9-7-14-20-10-11(2)21-14;/h4-5,10H,3,6-9H2,1-2H3,(H2,17,18,19);1H. The molecule has 0 aliphatic heterocycles. The van der Waals surface area contributed by atoms with Crippen LogP contribution >= 0.6 is 69.2 Å². The smallest absolute Gasteiger partial charge is 0.191 e. The maximum Gasteiger partial charge on any atom is 0.191 e. The van der Waals surface area contributed by atoms with E-state index in [1.807, 2.05) is 17.5 Å². The Morgan fingerprint density at radius 3 is 2.70 bits per heavy atom. The first-order valence-electron chi connectivity index (χ1n) is 7.35. The molecule has 4 nitrogen and oxygen atoms in total. The summed E-state index contributed by atoms with van der Waals surface area (Å²) in [5.74, 6) is 0.891. The van der Waals surface area contributed by atoms with E-state index in [4.69, 9.17) is 0 Å². The Balaban J connectivity index is 0.00000264. The van der Waals surface area contributed by atoms with Crippen LogP contribution in [-0.2, 0) is 12.8 Å². The Kier molecular flexibility index (Phi) is 10.6. The highest BCUT2D eigenvalue weighted by molar-refractivity contribution is 14.1. The molecule has 0 bridgehead atoms. The van der Waals surface area contributed by atoms with Gasteiger partial charge in [-0.1, -0.05) is 0 Å². The monoisotopic (exact) mass is 576 g/mol. The summed E-state index contributed by atoms with van der Waals surface area (Å²) in [5.41, 5.74) is 0. The zero-order valence-corrected chi connectivity index (χ0v) is 19.4. The number of halogens is 2. The number of aliphatic imine (C=N–C) groups is 1. The van der Waals surface area contributed by atoms with E-state index >= 15 is 0 Å². The number of aromatic nitrogens is 1. The first kappa shape index (κ1) is 21.1. The highest BCUT2D eigenvalue weighted by Gasteiger charge is 2.01. The second-order valence-corrected chi connectivity index (χ2v) is 9.14. The maximum atomic E-state index is 4.62. The van der Waals surface area contributed by atoms with Crippen LogP contribution in [-0.4, -0.2) is 30.6 Å². The fourth-order valence-electron chi connectivity index (χ4n) is 1.91. The summed E-state index contributed by atoms with van der Waals surface area (Å²) in [6.45, 7) is 6.71. The Hall–Kier alpha value is 0.0600. The number of nitrogens with zero attached hydrogens (tertiary/aromatic N) is 2. The van der Waals surface area contributed by atoms with Crippen molar-refractivity contribution in [3.8, 4) is 0 Å². The van der Waals surface area contributed by atoms with Gasteiger partial charge in [0.15, 0.2) is 5.96 Å². The average molecular weight is 576 g/mol. The zero-order chi connectivity index (χ0) is 15.8. The lowest BCUT2D eigenvalue weighted by Crippen LogP contribution is -2.38. The fraction of sp³-hybridized carbons (Fsp3) is 0.467. The SMILES string of the molecule is CCNC(=NCCc1ncc(C)s1)NCCc1ccc(I)s1.I. The molecule has 2 aromatic rings. The molecule has 8 heteroatoms. The van der Waals surface area contributed by atoms with Gasteiger partial charge in [0.1, 0.15) is 0 Å². The quantitative estimate of drug-likeness (QED) is 0.297. The molecule has 0 fully saturated rings. The Morgan fingerprint density at radius 2 is 2.09 bits per heavy atom. The lowest BCUT2D eigenvalue weighted by Gasteiger charge is -2.10. The number of nitrogens with one attached hydrogen (secondary N) is 2. The highest BCUT2D eigenvalue weighted by Crippen LogP contribution is 2.18. The van der Waals surface area contributed by atoms with E-state index in [1.165, 1.54) is 12.6 Å². The molecule has 0 saturated heterocycles.